The van der Waals surface area contributed by atoms with E-state index in [1.165, 1.54) is 5.56 Å². The Balaban J connectivity index is 2.59. The van der Waals surface area contributed by atoms with E-state index in [1.54, 1.807) is 7.11 Å². The van der Waals surface area contributed by atoms with Gasteiger partial charge >= 0.3 is 0 Å². The average Bonchev–Trinajstić information content (AvgIpc) is 2.75. The predicted octanol–water partition coefficient (Wildman–Crippen LogP) is 1.46. The number of hydrogen-bond donors (Lipinski definition) is 1. The molecule has 0 amide bonds. The minimum absolute atomic E-state index is 0.213. The molecule has 1 rings (SSSR count). The fourth-order valence-corrected chi connectivity index (χ4v) is 1.77. The van der Waals surface area contributed by atoms with Gasteiger partial charge in [0.05, 0.1) is 12.3 Å². The molecule has 92 valence electrons. The van der Waals surface area contributed by atoms with Gasteiger partial charge in [-0.3, -0.25) is 4.68 Å². The zero-order chi connectivity index (χ0) is 12.0. The molecule has 0 saturated heterocycles. The number of aryl methyl sites for hydroxylation is 1. The van der Waals surface area contributed by atoms with Crippen molar-refractivity contribution in [2.75, 3.05) is 13.7 Å². The molecule has 4 nitrogen and oxygen atoms in total. The van der Waals surface area contributed by atoms with Crippen LogP contribution in [0.15, 0.2) is 12.4 Å². The van der Waals surface area contributed by atoms with Crippen molar-refractivity contribution in [3.63, 3.8) is 0 Å². The van der Waals surface area contributed by atoms with E-state index in [-0.39, 0.29) is 6.10 Å². The van der Waals surface area contributed by atoms with E-state index in [9.17, 15) is 0 Å². The Morgan fingerprint density at radius 2 is 2.25 bits per heavy atom. The summed E-state index contributed by atoms with van der Waals surface area (Å²) in [6, 6.07) is 0.351. The molecule has 0 spiro atoms. The van der Waals surface area contributed by atoms with Crippen LogP contribution in [0.4, 0.5) is 0 Å². The Morgan fingerprint density at radius 3 is 2.75 bits per heavy atom. The number of ether oxygens (including phenoxy) is 1. The minimum Gasteiger partial charge on any atom is -0.380 e. The largest absolute Gasteiger partial charge is 0.380 e. The molecule has 0 bridgehead atoms. The van der Waals surface area contributed by atoms with Crippen LogP contribution in [-0.2, 0) is 17.7 Å². The number of likely N-dealkylation sites (N-methyl/N-ethyl adjacent to an activating group) is 1. The molecular weight excluding hydrogens is 202 g/mol. The summed E-state index contributed by atoms with van der Waals surface area (Å²) in [5.41, 5.74) is 1.26. The van der Waals surface area contributed by atoms with Crippen LogP contribution < -0.4 is 5.32 Å². The summed E-state index contributed by atoms with van der Waals surface area (Å²) in [5, 5.41) is 7.73. The van der Waals surface area contributed by atoms with E-state index in [0.29, 0.717) is 6.04 Å². The van der Waals surface area contributed by atoms with Gasteiger partial charge in [-0.15, -0.1) is 0 Å². The Kier molecular flexibility index (Phi) is 5.49. The summed E-state index contributed by atoms with van der Waals surface area (Å²) >= 11 is 0. The minimum atomic E-state index is 0.213. The fraction of sp³-hybridized carbons (Fsp3) is 0.750. The zero-order valence-corrected chi connectivity index (χ0v) is 10.7. The third-order valence-corrected chi connectivity index (χ3v) is 2.87. The van der Waals surface area contributed by atoms with Crippen molar-refractivity contribution in [1.29, 1.82) is 0 Å². The molecule has 0 aliphatic carbocycles. The average molecular weight is 225 g/mol. The first-order valence-electron chi connectivity index (χ1n) is 5.98. The molecule has 0 aliphatic heterocycles. The van der Waals surface area contributed by atoms with E-state index in [2.05, 4.69) is 37.4 Å². The molecule has 2 unspecified atom stereocenters. The molecule has 16 heavy (non-hydrogen) atoms. The summed E-state index contributed by atoms with van der Waals surface area (Å²) in [5.74, 6) is 0. The first kappa shape index (κ1) is 13.2. The maximum atomic E-state index is 5.38. The summed E-state index contributed by atoms with van der Waals surface area (Å²) in [6.07, 6.45) is 5.22. The number of methoxy groups -OCH3 is 1. The zero-order valence-electron chi connectivity index (χ0n) is 10.7. The van der Waals surface area contributed by atoms with E-state index in [4.69, 9.17) is 4.74 Å². The van der Waals surface area contributed by atoms with Gasteiger partial charge in [-0.2, -0.15) is 5.10 Å². The van der Waals surface area contributed by atoms with Gasteiger partial charge in [-0.1, -0.05) is 6.92 Å². The van der Waals surface area contributed by atoms with Gasteiger partial charge in [-0.25, -0.2) is 0 Å². The maximum absolute atomic E-state index is 5.38. The van der Waals surface area contributed by atoms with Gasteiger partial charge in [0, 0.05) is 25.9 Å². The van der Waals surface area contributed by atoms with Crippen molar-refractivity contribution in [1.82, 2.24) is 15.1 Å². The van der Waals surface area contributed by atoms with Gasteiger partial charge in [-0.05, 0) is 32.4 Å². The Labute approximate surface area is 98.0 Å². The Morgan fingerprint density at radius 1 is 1.50 bits per heavy atom. The standard InChI is InChI=1S/C12H23N3O/c1-5-13-12(10(3)16-4)7-11-8-14-15(6-2)9-11/h8-10,12-13H,5-7H2,1-4H3. The van der Waals surface area contributed by atoms with Gasteiger partial charge in [0.2, 0.25) is 0 Å². The number of hydrogen-bond acceptors (Lipinski definition) is 3. The van der Waals surface area contributed by atoms with Crippen LogP contribution in [0.25, 0.3) is 0 Å². The summed E-state index contributed by atoms with van der Waals surface area (Å²) in [7, 11) is 1.75. The molecular formula is C12H23N3O. The molecule has 1 N–H and O–H groups in total. The fourth-order valence-electron chi connectivity index (χ4n) is 1.77. The van der Waals surface area contributed by atoms with Crippen LogP contribution in [0.2, 0.25) is 0 Å². The third-order valence-electron chi connectivity index (χ3n) is 2.87. The lowest BCUT2D eigenvalue weighted by atomic mass is 10.0. The highest BCUT2D eigenvalue weighted by Crippen LogP contribution is 2.07. The van der Waals surface area contributed by atoms with Gasteiger partial charge in [0.1, 0.15) is 0 Å². The topological polar surface area (TPSA) is 39.1 Å². The van der Waals surface area contributed by atoms with Crippen LogP contribution >= 0.6 is 0 Å². The van der Waals surface area contributed by atoms with Gasteiger partial charge in [0.25, 0.3) is 0 Å². The summed E-state index contributed by atoms with van der Waals surface area (Å²) < 4.78 is 7.33. The number of rotatable bonds is 7. The second-order valence-corrected chi connectivity index (χ2v) is 4.01. The van der Waals surface area contributed by atoms with Crippen LogP contribution in [0.3, 0.4) is 0 Å². The van der Waals surface area contributed by atoms with Crippen molar-refractivity contribution in [3.8, 4) is 0 Å². The lowest BCUT2D eigenvalue weighted by Crippen LogP contribution is -2.40. The summed E-state index contributed by atoms with van der Waals surface area (Å²) in [4.78, 5) is 0. The number of nitrogens with one attached hydrogen (secondary N) is 1. The highest BCUT2D eigenvalue weighted by Gasteiger charge is 2.16. The lowest BCUT2D eigenvalue weighted by Gasteiger charge is -2.23. The molecule has 0 aromatic carbocycles. The lowest BCUT2D eigenvalue weighted by molar-refractivity contribution is 0.0836. The maximum Gasteiger partial charge on any atom is 0.0699 e. The van der Waals surface area contributed by atoms with Crippen molar-refractivity contribution < 1.29 is 4.74 Å². The molecule has 1 aromatic heterocycles. The van der Waals surface area contributed by atoms with Crippen LogP contribution in [0.5, 0.6) is 0 Å². The molecule has 0 radical (unpaired) electrons. The highest BCUT2D eigenvalue weighted by atomic mass is 16.5. The van der Waals surface area contributed by atoms with Crippen molar-refractivity contribution in [3.05, 3.63) is 18.0 Å². The molecule has 2 atom stereocenters. The Hall–Kier alpha value is -0.870. The monoisotopic (exact) mass is 225 g/mol. The van der Waals surface area contributed by atoms with Crippen LogP contribution in [0, 0.1) is 0 Å². The second-order valence-electron chi connectivity index (χ2n) is 4.01. The van der Waals surface area contributed by atoms with Crippen molar-refractivity contribution >= 4 is 0 Å². The van der Waals surface area contributed by atoms with Crippen LogP contribution in [0.1, 0.15) is 26.3 Å². The van der Waals surface area contributed by atoms with E-state index in [1.807, 2.05) is 10.9 Å². The van der Waals surface area contributed by atoms with E-state index >= 15 is 0 Å². The third kappa shape index (κ3) is 3.61. The molecule has 1 heterocycles. The molecule has 0 saturated carbocycles. The number of aromatic nitrogens is 2. The van der Waals surface area contributed by atoms with E-state index in [0.717, 1.165) is 19.5 Å². The van der Waals surface area contributed by atoms with Gasteiger partial charge in [0.15, 0.2) is 0 Å². The first-order valence-corrected chi connectivity index (χ1v) is 5.98. The molecule has 4 heteroatoms. The summed E-state index contributed by atoms with van der Waals surface area (Å²) in [6.45, 7) is 8.19. The van der Waals surface area contributed by atoms with Crippen LogP contribution in [-0.4, -0.2) is 35.6 Å². The van der Waals surface area contributed by atoms with Gasteiger partial charge < -0.3 is 10.1 Å². The molecule has 0 fully saturated rings. The quantitative estimate of drug-likeness (QED) is 0.763. The first-order chi connectivity index (χ1) is 7.71. The van der Waals surface area contributed by atoms with E-state index < -0.39 is 0 Å². The molecule has 1 aromatic rings. The Bertz CT molecular complexity index is 298. The van der Waals surface area contributed by atoms with Crippen molar-refractivity contribution in [2.45, 2.75) is 45.9 Å². The SMILES string of the molecule is CCNC(Cc1cnn(CC)c1)C(C)OC. The molecule has 0 aliphatic rings. The second kappa shape index (κ2) is 6.66. The highest BCUT2D eigenvalue weighted by molar-refractivity contribution is 5.07. The number of nitrogens with zero attached hydrogens (tertiary/aromatic N) is 2. The normalized spacial score (nSPS) is 15.0. The van der Waals surface area contributed by atoms with Crippen molar-refractivity contribution in [2.24, 2.45) is 0 Å². The smallest absolute Gasteiger partial charge is 0.0699 e. The predicted molar refractivity (Wildman–Crippen MR) is 65.5 cm³/mol.